The molecule has 0 unspecified atom stereocenters. The number of hydrogen-bond donors (Lipinski definition) is 0. The molecule has 98 valence electrons. The molecule has 0 saturated carbocycles. The third-order valence-corrected chi connectivity index (χ3v) is 6.25. The summed E-state index contributed by atoms with van der Waals surface area (Å²) in [5.74, 6) is 0. The Bertz CT molecular complexity index is 347. The Labute approximate surface area is 128 Å². The molecule has 2 rings (SSSR count). The topological polar surface area (TPSA) is 0 Å². The van der Waals surface area contributed by atoms with Crippen LogP contribution in [0.5, 0.6) is 0 Å². The highest BCUT2D eigenvalue weighted by molar-refractivity contribution is 7.10. The van der Waals surface area contributed by atoms with Crippen LogP contribution in [0.15, 0.2) is 17.5 Å². The van der Waals surface area contributed by atoms with Gasteiger partial charge in [0, 0.05) is 12.8 Å². The second kappa shape index (κ2) is 5.71. The first-order chi connectivity index (χ1) is 7.41. The van der Waals surface area contributed by atoms with Crippen molar-refractivity contribution in [1.82, 2.24) is 0 Å². The van der Waals surface area contributed by atoms with E-state index in [-0.39, 0.29) is 24.0 Å². The molecule has 1 fully saturated rings. The molecule has 0 radical (unpaired) electrons. The Morgan fingerprint density at radius 3 is 2.65 bits per heavy atom. The first-order valence-electron chi connectivity index (χ1n) is 6.28. The van der Waals surface area contributed by atoms with Gasteiger partial charge >= 0.3 is 0 Å². The van der Waals surface area contributed by atoms with Gasteiger partial charge in [0.2, 0.25) is 0 Å². The smallest absolute Gasteiger partial charge is 0.124 e. The van der Waals surface area contributed by atoms with Gasteiger partial charge in [0.1, 0.15) is 14.1 Å². The Balaban J connectivity index is 0.00000144. The highest BCUT2D eigenvalue weighted by Crippen LogP contribution is 2.40. The molecular weight excluding hydrogens is 357 g/mol. The van der Waals surface area contributed by atoms with Crippen LogP contribution in [0.2, 0.25) is 19.6 Å². The minimum atomic E-state index is -0.972. The maximum absolute atomic E-state index is 2.50. The van der Waals surface area contributed by atoms with Crippen LogP contribution >= 0.6 is 11.3 Å². The second-order valence-corrected chi connectivity index (χ2v) is 13.0. The van der Waals surface area contributed by atoms with Crippen LogP contribution in [0.25, 0.3) is 0 Å². The van der Waals surface area contributed by atoms with Crippen LogP contribution in [0.3, 0.4) is 0 Å². The molecule has 0 spiro atoms. The van der Waals surface area contributed by atoms with Crippen molar-refractivity contribution in [2.45, 2.75) is 38.5 Å². The van der Waals surface area contributed by atoms with Crippen molar-refractivity contribution in [3.8, 4) is 0 Å². The molecule has 0 aromatic carbocycles. The molecule has 4 heteroatoms. The van der Waals surface area contributed by atoms with E-state index in [4.69, 9.17) is 0 Å². The van der Waals surface area contributed by atoms with Gasteiger partial charge in [-0.05, 0) is 11.4 Å². The van der Waals surface area contributed by atoms with Gasteiger partial charge < -0.3 is 28.5 Å². The summed E-state index contributed by atoms with van der Waals surface area (Å²) < 4.78 is 1.30. The Morgan fingerprint density at radius 1 is 1.41 bits per heavy atom. The normalized spacial score (nSPS) is 29.1. The summed E-state index contributed by atoms with van der Waals surface area (Å²) in [6.07, 6.45) is 4.22. The largest absolute Gasteiger partial charge is 1.00 e. The number of thiophene rings is 1. The van der Waals surface area contributed by atoms with Crippen LogP contribution < -0.4 is 24.0 Å². The van der Waals surface area contributed by atoms with E-state index in [1.54, 1.807) is 4.88 Å². The second-order valence-electron chi connectivity index (χ2n) is 6.60. The van der Waals surface area contributed by atoms with Crippen molar-refractivity contribution >= 4 is 19.4 Å². The predicted octanol–water partition coefficient (Wildman–Crippen LogP) is 0.911. The first kappa shape index (κ1) is 15.7. The molecule has 2 heterocycles. The van der Waals surface area contributed by atoms with Crippen molar-refractivity contribution < 1.29 is 28.5 Å². The van der Waals surface area contributed by atoms with Gasteiger partial charge in [-0.2, -0.15) is 0 Å². The molecule has 1 aromatic heterocycles. The zero-order valence-corrected chi connectivity index (χ0v) is 15.3. The number of halogens is 1. The van der Waals surface area contributed by atoms with Gasteiger partial charge in [-0.1, -0.05) is 25.7 Å². The number of hydrogen-bond acceptors (Lipinski definition) is 1. The lowest BCUT2D eigenvalue weighted by molar-refractivity contribution is -0.917. The average Bonchev–Trinajstić information content (AvgIpc) is 2.69. The highest BCUT2D eigenvalue weighted by Gasteiger charge is 2.42. The highest BCUT2D eigenvalue weighted by atomic mass is 127. The van der Waals surface area contributed by atoms with E-state index in [9.17, 15) is 0 Å². The maximum Gasteiger partial charge on any atom is 0.124 e. The molecule has 2 atom stereocenters. The van der Waals surface area contributed by atoms with E-state index in [0.29, 0.717) is 0 Å². The maximum atomic E-state index is 2.50. The number of likely N-dealkylation sites (tertiary alicyclic amines) is 1. The Morgan fingerprint density at radius 2 is 2.12 bits per heavy atom. The van der Waals surface area contributed by atoms with Gasteiger partial charge in [-0.3, -0.25) is 0 Å². The molecule has 1 aromatic rings. The molecule has 1 nitrogen and oxygen atoms in total. The van der Waals surface area contributed by atoms with Crippen molar-refractivity contribution in [3.63, 3.8) is 0 Å². The fourth-order valence-corrected chi connectivity index (χ4v) is 6.86. The van der Waals surface area contributed by atoms with Gasteiger partial charge in [0.25, 0.3) is 0 Å². The summed E-state index contributed by atoms with van der Waals surface area (Å²) in [7, 11) is 1.51. The van der Waals surface area contributed by atoms with E-state index in [1.807, 2.05) is 11.3 Å². The zero-order chi connectivity index (χ0) is 11.8. The lowest BCUT2D eigenvalue weighted by atomic mass is 10.2. The number of quaternary nitrogens is 1. The fourth-order valence-electron chi connectivity index (χ4n) is 3.32. The molecule has 1 saturated heterocycles. The van der Waals surface area contributed by atoms with Gasteiger partial charge in [0.15, 0.2) is 0 Å². The molecule has 0 N–H and O–H groups in total. The van der Waals surface area contributed by atoms with Gasteiger partial charge in [-0.25, -0.2) is 0 Å². The zero-order valence-electron chi connectivity index (χ0n) is 11.4. The lowest BCUT2D eigenvalue weighted by Crippen LogP contribution is -3.00. The van der Waals surface area contributed by atoms with Crippen molar-refractivity contribution in [3.05, 3.63) is 22.4 Å². The van der Waals surface area contributed by atoms with Crippen molar-refractivity contribution in [2.75, 3.05) is 19.8 Å². The summed E-state index contributed by atoms with van der Waals surface area (Å²) in [6.45, 7) is 8.88. The number of nitrogens with zero attached hydrogens (tertiary/aromatic N) is 1. The third-order valence-electron chi connectivity index (χ3n) is 3.61. The van der Waals surface area contributed by atoms with E-state index in [2.05, 4.69) is 44.2 Å². The van der Waals surface area contributed by atoms with Crippen LogP contribution in [-0.2, 0) is 0 Å². The SMILES string of the molecule is C[N@@+]1(C[Si](C)(C)C)CCC[C@@H]1c1cccs1.[I-]. The Hall–Kier alpha value is 0.607. The van der Waals surface area contributed by atoms with E-state index >= 15 is 0 Å². The predicted molar refractivity (Wildman–Crippen MR) is 75.6 cm³/mol. The first-order valence-corrected chi connectivity index (χ1v) is 10.9. The molecule has 0 aliphatic carbocycles. The summed E-state index contributed by atoms with van der Waals surface area (Å²) >= 11 is 1.95. The van der Waals surface area contributed by atoms with E-state index in [0.717, 1.165) is 6.04 Å². The van der Waals surface area contributed by atoms with Crippen molar-refractivity contribution in [1.29, 1.82) is 0 Å². The van der Waals surface area contributed by atoms with Crippen molar-refractivity contribution in [2.24, 2.45) is 0 Å². The summed E-state index contributed by atoms with van der Waals surface area (Å²) in [5.41, 5.74) is 0. The summed E-state index contributed by atoms with van der Waals surface area (Å²) in [4.78, 5) is 1.61. The minimum absolute atomic E-state index is 0. The standard InChI is InChI=1S/C13H24NSSi.HI/c1-14(11-16(2,3)4)9-5-7-12(14)13-8-6-10-15-13;/h6,8,10,12H,5,7,9,11H2,1-4H3;1H/q+1;/p-1/t12-,14+;/m1./s1. The molecule has 0 amide bonds. The van der Waals surface area contributed by atoms with Crippen LogP contribution in [0.4, 0.5) is 0 Å². The molecule has 0 bridgehead atoms. The lowest BCUT2D eigenvalue weighted by Gasteiger charge is -2.40. The summed E-state index contributed by atoms with van der Waals surface area (Å²) in [6, 6.07) is 5.32. The third kappa shape index (κ3) is 3.78. The molecular formula is C13H24INSSi. The van der Waals surface area contributed by atoms with E-state index < -0.39 is 8.07 Å². The quantitative estimate of drug-likeness (QED) is 0.415. The molecule has 17 heavy (non-hydrogen) atoms. The Kier molecular flexibility index (Phi) is 5.26. The fraction of sp³-hybridized carbons (Fsp3) is 0.692. The summed E-state index contributed by atoms with van der Waals surface area (Å²) in [5, 5.41) is 2.23. The van der Waals surface area contributed by atoms with Crippen LogP contribution in [-0.4, -0.2) is 32.3 Å². The van der Waals surface area contributed by atoms with E-state index in [1.165, 1.54) is 30.0 Å². The minimum Gasteiger partial charge on any atom is -1.00 e. The number of rotatable bonds is 3. The molecule has 1 aliphatic rings. The van der Waals surface area contributed by atoms with Gasteiger partial charge in [0.05, 0.1) is 24.6 Å². The molecule has 1 aliphatic heterocycles. The van der Waals surface area contributed by atoms with Crippen LogP contribution in [0.1, 0.15) is 23.8 Å². The average molecular weight is 381 g/mol. The van der Waals surface area contributed by atoms with Gasteiger partial charge in [-0.15, -0.1) is 11.3 Å². The van der Waals surface area contributed by atoms with Crippen LogP contribution in [0, 0.1) is 0 Å². The monoisotopic (exact) mass is 381 g/mol.